The molecule has 1 aromatic carbocycles. The molecule has 0 amide bonds. The van der Waals surface area contributed by atoms with Crippen molar-refractivity contribution in [3.63, 3.8) is 0 Å². The van der Waals surface area contributed by atoms with Gasteiger partial charge in [-0.3, -0.25) is 0 Å². The normalized spacial score (nSPS) is 14.7. The van der Waals surface area contributed by atoms with E-state index in [2.05, 4.69) is 5.32 Å². The van der Waals surface area contributed by atoms with Gasteiger partial charge in [-0.15, -0.1) is 0 Å². The van der Waals surface area contributed by atoms with Gasteiger partial charge in [0.05, 0.1) is 12.2 Å². The van der Waals surface area contributed by atoms with E-state index in [-0.39, 0.29) is 12.6 Å². The Hall–Kier alpha value is -1.13. The highest BCUT2D eigenvalue weighted by Gasteiger charge is 2.18. The summed E-state index contributed by atoms with van der Waals surface area (Å²) in [6.07, 6.45) is 0. The first-order chi connectivity index (χ1) is 6.83. The van der Waals surface area contributed by atoms with Crippen LogP contribution < -0.4 is 10.1 Å². The second kappa shape index (κ2) is 3.94. The van der Waals surface area contributed by atoms with Gasteiger partial charge in [0.25, 0.3) is 0 Å². The van der Waals surface area contributed by atoms with Crippen LogP contribution in [0.3, 0.4) is 0 Å². The fraction of sp³-hybridized carbons (Fsp3) is 0.400. The Kier molecular flexibility index (Phi) is 2.65. The summed E-state index contributed by atoms with van der Waals surface area (Å²) in [6, 6.07) is 3.18. The number of rotatable bonds is 2. The number of fused-ring (bicyclic) bond motifs is 1. The Labute approximate surface area is 81.8 Å². The van der Waals surface area contributed by atoms with Crippen molar-refractivity contribution in [2.45, 2.75) is 13.2 Å². The van der Waals surface area contributed by atoms with Crippen molar-refractivity contribution in [1.82, 2.24) is 5.32 Å². The van der Waals surface area contributed by atoms with Crippen LogP contribution in [0.1, 0.15) is 11.1 Å². The minimum Gasteiger partial charge on any atom is -0.467 e. The second-order valence-corrected chi connectivity index (χ2v) is 3.16. The van der Waals surface area contributed by atoms with Gasteiger partial charge in [0, 0.05) is 12.1 Å². The molecule has 76 valence electrons. The molecule has 1 N–H and O–H groups in total. The Morgan fingerprint density at radius 3 is 3.14 bits per heavy atom. The predicted octanol–water partition coefficient (Wildman–Crippen LogP) is 1.41. The molecule has 2 rings (SSSR count). The average Bonchev–Trinajstić information content (AvgIpc) is 2.23. The average molecular weight is 197 g/mol. The predicted molar refractivity (Wildman–Crippen MR) is 49.4 cm³/mol. The third-order valence-corrected chi connectivity index (χ3v) is 2.19. The van der Waals surface area contributed by atoms with Crippen molar-refractivity contribution in [2.75, 3.05) is 13.8 Å². The quantitative estimate of drug-likeness (QED) is 0.777. The molecule has 0 spiro atoms. The molecule has 14 heavy (non-hydrogen) atoms. The molecular formula is C10H12FNO2. The maximum Gasteiger partial charge on any atom is 0.189 e. The number of benzene rings is 1. The zero-order valence-corrected chi connectivity index (χ0v) is 7.97. The van der Waals surface area contributed by atoms with E-state index in [4.69, 9.17) is 9.47 Å². The van der Waals surface area contributed by atoms with Crippen LogP contribution in [0.25, 0.3) is 0 Å². The van der Waals surface area contributed by atoms with Crippen molar-refractivity contribution in [1.29, 1.82) is 0 Å². The number of hydrogen-bond donors (Lipinski definition) is 1. The lowest BCUT2D eigenvalue weighted by Gasteiger charge is -2.20. The molecule has 0 aromatic heterocycles. The van der Waals surface area contributed by atoms with E-state index in [0.717, 1.165) is 5.56 Å². The van der Waals surface area contributed by atoms with Gasteiger partial charge in [-0.05, 0) is 13.1 Å². The molecule has 0 saturated carbocycles. The standard InChI is InChI=1S/C10H12FNO2/c1-12-4-7-2-3-9(11)8-5-13-6-14-10(7)8/h2-3,12H,4-6H2,1H3. The van der Waals surface area contributed by atoms with Gasteiger partial charge >= 0.3 is 0 Å². The zero-order chi connectivity index (χ0) is 9.97. The lowest BCUT2D eigenvalue weighted by Crippen LogP contribution is -2.16. The molecule has 1 aromatic rings. The van der Waals surface area contributed by atoms with Crippen LogP contribution in [0, 0.1) is 5.82 Å². The Balaban J connectivity index is 2.42. The molecule has 4 heteroatoms. The van der Waals surface area contributed by atoms with Gasteiger partial charge in [-0.2, -0.15) is 0 Å². The molecule has 1 heterocycles. The van der Waals surface area contributed by atoms with E-state index in [0.29, 0.717) is 24.5 Å². The number of nitrogens with one attached hydrogen (secondary N) is 1. The molecule has 0 saturated heterocycles. The van der Waals surface area contributed by atoms with Crippen molar-refractivity contribution in [3.05, 3.63) is 29.1 Å². The van der Waals surface area contributed by atoms with Crippen LogP contribution >= 0.6 is 0 Å². The fourth-order valence-corrected chi connectivity index (χ4v) is 1.54. The molecule has 0 radical (unpaired) electrons. The van der Waals surface area contributed by atoms with Gasteiger partial charge in [-0.1, -0.05) is 6.07 Å². The van der Waals surface area contributed by atoms with Gasteiger partial charge in [0.15, 0.2) is 6.79 Å². The highest BCUT2D eigenvalue weighted by Crippen LogP contribution is 2.30. The first-order valence-corrected chi connectivity index (χ1v) is 4.48. The molecule has 3 nitrogen and oxygen atoms in total. The van der Waals surface area contributed by atoms with E-state index in [1.807, 2.05) is 7.05 Å². The van der Waals surface area contributed by atoms with E-state index in [1.165, 1.54) is 6.07 Å². The maximum atomic E-state index is 13.3. The highest BCUT2D eigenvalue weighted by atomic mass is 19.1. The topological polar surface area (TPSA) is 30.5 Å². The van der Waals surface area contributed by atoms with Crippen LogP contribution in [0.5, 0.6) is 5.75 Å². The molecule has 0 aliphatic carbocycles. The zero-order valence-electron chi connectivity index (χ0n) is 7.97. The maximum absolute atomic E-state index is 13.3. The Morgan fingerprint density at radius 1 is 1.50 bits per heavy atom. The molecule has 0 fully saturated rings. The number of hydrogen-bond acceptors (Lipinski definition) is 3. The number of halogens is 1. The minimum atomic E-state index is -0.264. The van der Waals surface area contributed by atoms with Crippen molar-refractivity contribution < 1.29 is 13.9 Å². The van der Waals surface area contributed by atoms with Crippen LogP contribution in [0.15, 0.2) is 12.1 Å². The smallest absolute Gasteiger partial charge is 0.189 e. The second-order valence-electron chi connectivity index (χ2n) is 3.16. The largest absolute Gasteiger partial charge is 0.467 e. The summed E-state index contributed by atoms with van der Waals surface area (Å²) < 4.78 is 23.6. The van der Waals surface area contributed by atoms with Gasteiger partial charge in [-0.25, -0.2) is 4.39 Å². The summed E-state index contributed by atoms with van der Waals surface area (Å²) in [7, 11) is 1.84. The van der Waals surface area contributed by atoms with Crippen LogP contribution in [0.4, 0.5) is 4.39 Å². The van der Waals surface area contributed by atoms with Crippen molar-refractivity contribution >= 4 is 0 Å². The summed E-state index contributed by atoms with van der Waals surface area (Å²) in [6.45, 7) is 1.16. The molecule has 0 atom stereocenters. The summed E-state index contributed by atoms with van der Waals surface area (Å²) in [4.78, 5) is 0. The molecule has 0 unspecified atom stereocenters. The SMILES string of the molecule is CNCc1ccc(F)c2c1OCOC2. The first-order valence-electron chi connectivity index (χ1n) is 4.48. The third-order valence-electron chi connectivity index (χ3n) is 2.19. The Bertz CT molecular complexity index is 341. The molecule has 0 bridgehead atoms. The van der Waals surface area contributed by atoms with E-state index >= 15 is 0 Å². The van der Waals surface area contributed by atoms with Crippen LogP contribution in [-0.4, -0.2) is 13.8 Å². The molecular weight excluding hydrogens is 185 g/mol. The number of ether oxygens (including phenoxy) is 2. The van der Waals surface area contributed by atoms with E-state index < -0.39 is 0 Å². The van der Waals surface area contributed by atoms with E-state index in [1.54, 1.807) is 6.07 Å². The summed E-state index contributed by atoms with van der Waals surface area (Å²) >= 11 is 0. The van der Waals surface area contributed by atoms with Gasteiger partial charge in [0.2, 0.25) is 0 Å². The van der Waals surface area contributed by atoms with Crippen LogP contribution in [0.2, 0.25) is 0 Å². The minimum absolute atomic E-state index is 0.202. The molecule has 1 aliphatic rings. The monoisotopic (exact) mass is 197 g/mol. The van der Waals surface area contributed by atoms with Crippen molar-refractivity contribution in [3.8, 4) is 5.75 Å². The van der Waals surface area contributed by atoms with E-state index in [9.17, 15) is 4.39 Å². The highest BCUT2D eigenvalue weighted by molar-refractivity contribution is 5.42. The fourth-order valence-electron chi connectivity index (χ4n) is 1.54. The lowest BCUT2D eigenvalue weighted by atomic mass is 10.1. The third kappa shape index (κ3) is 1.58. The van der Waals surface area contributed by atoms with Gasteiger partial charge < -0.3 is 14.8 Å². The Morgan fingerprint density at radius 2 is 2.36 bits per heavy atom. The van der Waals surface area contributed by atoms with Gasteiger partial charge in [0.1, 0.15) is 11.6 Å². The summed E-state index contributed by atoms with van der Waals surface area (Å²) in [5, 5.41) is 3.01. The van der Waals surface area contributed by atoms with Crippen LogP contribution in [-0.2, 0) is 17.9 Å². The lowest BCUT2D eigenvalue weighted by molar-refractivity contribution is -0.0189. The summed E-state index contributed by atoms with van der Waals surface area (Å²) in [5.74, 6) is 0.366. The first kappa shape index (κ1) is 9.43. The molecule has 1 aliphatic heterocycles. The van der Waals surface area contributed by atoms with Crippen molar-refractivity contribution in [2.24, 2.45) is 0 Å². The summed E-state index contributed by atoms with van der Waals surface area (Å²) in [5.41, 5.74) is 1.48.